The first-order valence-electron chi connectivity index (χ1n) is 11.8. The first-order valence-corrected chi connectivity index (χ1v) is 11.8. The van der Waals surface area contributed by atoms with E-state index < -0.39 is 5.54 Å². The molecule has 3 heterocycles. The Morgan fingerprint density at radius 2 is 1.94 bits per heavy atom. The maximum atomic E-state index is 13.9. The number of fused-ring (bicyclic) bond motifs is 3. The van der Waals surface area contributed by atoms with E-state index in [-0.39, 0.29) is 30.2 Å². The molecule has 0 spiro atoms. The van der Waals surface area contributed by atoms with Crippen LogP contribution in [0, 0.1) is 12.7 Å². The highest BCUT2D eigenvalue weighted by Gasteiger charge is 2.48. The van der Waals surface area contributed by atoms with Gasteiger partial charge in [0.25, 0.3) is 5.91 Å². The van der Waals surface area contributed by atoms with Gasteiger partial charge in [-0.05, 0) is 44.4 Å². The fourth-order valence-electron chi connectivity index (χ4n) is 5.29. The minimum atomic E-state index is -1.13. The highest BCUT2D eigenvalue weighted by molar-refractivity contribution is 6.03. The number of amides is 2. The van der Waals surface area contributed by atoms with Crippen molar-refractivity contribution in [1.82, 2.24) is 14.8 Å². The molecule has 0 saturated heterocycles. The summed E-state index contributed by atoms with van der Waals surface area (Å²) in [7, 11) is 0. The summed E-state index contributed by atoms with van der Waals surface area (Å²) in [6, 6.07) is 9.96. The van der Waals surface area contributed by atoms with Crippen LogP contribution in [0.15, 0.2) is 40.8 Å². The average molecular weight is 452 g/mol. The topological polar surface area (TPSA) is 67.5 Å². The predicted molar refractivity (Wildman–Crippen MR) is 123 cm³/mol. The number of hydrogen-bond acceptors (Lipinski definition) is 3. The number of benzene rings is 1. The smallest absolute Gasteiger partial charge is 0.271 e. The number of aromatic nitrogens is 1. The average Bonchev–Trinajstić information content (AvgIpc) is 3.16. The van der Waals surface area contributed by atoms with Crippen LogP contribution >= 0.6 is 0 Å². The van der Waals surface area contributed by atoms with Gasteiger partial charge in [0.05, 0.1) is 12.1 Å². The zero-order valence-electron chi connectivity index (χ0n) is 19.2. The molecule has 0 radical (unpaired) electrons. The summed E-state index contributed by atoms with van der Waals surface area (Å²) in [4.78, 5) is 29.1. The van der Waals surface area contributed by atoms with Gasteiger partial charge in [-0.3, -0.25) is 9.59 Å². The van der Waals surface area contributed by atoms with Crippen molar-refractivity contribution in [1.29, 1.82) is 0 Å². The highest BCUT2D eigenvalue weighted by atomic mass is 19.1. The van der Waals surface area contributed by atoms with E-state index >= 15 is 0 Å². The maximum absolute atomic E-state index is 13.9. The van der Waals surface area contributed by atoms with Crippen LogP contribution in [0.1, 0.15) is 67.3 Å². The molecule has 5 rings (SSSR count). The lowest BCUT2D eigenvalue weighted by Crippen LogP contribution is -2.64. The van der Waals surface area contributed by atoms with Crippen molar-refractivity contribution in [3.05, 3.63) is 59.2 Å². The summed E-state index contributed by atoms with van der Waals surface area (Å²) in [6.45, 7) is 4.14. The number of halogens is 1. The number of furan rings is 1. The van der Waals surface area contributed by atoms with Crippen LogP contribution in [0.5, 0.6) is 0 Å². The number of carbonyl (C=O) groups excluding carboxylic acids is 2. The standard InChI is InChI=1S/C26H30FN3O3/c1-17-12-21-23(33-17)14-22-24(31)30(15-18-8-7-9-19(27)13-18)26(2,16-29(21)22)25(32)28-20-10-5-3-4-6-11-20/h7-9,12-14,20H,3-6,10-11,15-16H2,1-2H3,(H,28,32)/t26-/m0/s1. The highest BCUT2D eigenvalue weighted by Crippen LogP contribution is 2.35. The molecule has 1 saturated carbocycles. The molecule has 2 aliphatic rings. The molecular weight excluding hydrogens is 421 g/mol. The molecule has 7 heteroatoms. The van der Waals surface area contributed by atoms with Crippen molar-refractivity contribution in [3.63, 3.8) is 0 Å². The van der Waals surface area contributed by atoms with Gasteiger partial charge < -0.3 is 19.2 Å². The summed E-state index contributed by atoms with van der Waals surface area (Å²) in [5.74, 6) is -0.0209. The molecule has 1 aliphatic carbocycles. The van der Waals surface area contributed by atoms with Crippen LogP contribution in [0.25, 0.3) is 11.1 Å². The van der Waals surface area contributed by atoms with Crippen molar-refractivity contribution < 1.29 is 18.4 Å². The van der Waals surface area contributed by atoms with Gasteiger partial charge in [-0.2, -0.15) is 0 Å². The second-order valence-electron chi connectivity index (χ2n) is 9.68. The molecule has 0 bridgehead atoms. The first kappa shape index (κ1) is 21.7. The Balaban J connectivity index is 1.53. The second-order valence-corrected chi connectivity index (χ2v) is 9.68. The van der Waals surface area contributed by atoms with Crippen LogP contribution in [-0.2, 0) is 17.9 Å². The summed E-state index contributed by atoms with van der Waals surface area (Å²) in [6.07, 6.45) is 6.50. The molecular formula is C26H30FN3O3. The van der Waals surface area contributed by atoms with Crippen LogP contribution in [0.4, 0.5) is 4.39 Å². The molecule has 0 unspecified atom stereocenters. The van der Waals surface area contributed by atoms with E-state index in [1.165, 1.54) is 25.0 Å². The monoisotopic (exact) mass is 451 g/mol. The van der Waals surface area contributed by atoms with Gasteiger partial charge in [-0.15, -0.1) is 0 Å². The molecule has 33 heavy (non-hydrogen) atoms. The van der Waals surface area contributed by atoms with Gasteiger partial charge in [0, 0.05) is 24.7 Å². The first-order chi connectivity index (χ1) is 15.8. The van der Waals surface area contributed by atoms with Crippen molar-refractivity contribution in [2.45, 2.75) is 77.0 Å². The van der Waals surface area contributed by atoms with E-state index in [1.807, 2.05) is 24.5 Å². The summed E-state index contributed by atoms with van der Waals surface area (Å²) >= 11 is 0. The lowest BCUT2D eigenvalue weighted by Gasteiger charge is -2.44. The Morgan fingerprint density at radius 3 is 2.67 bits per heavy atom. The summed E-state index contributed by atoms with van der Waals surface area (Å²) in [5.41, 5.74) is 1.46. The fraction of sp³-hybridized carbons (Fsp3) is 0.462. The molecule has 1 aromatic carbocycles. The lowest BCUT2D eigenvalue weighted by molar-refractivity contribution is -0.134. The van der Waals surface area contributed by atoms with Crippen LogP contribution < -0.4 is 5.32 Å². The van der Waals surface area contributed by atoms with Crippen molar-refractivity contribution in [2.24, 2.45) is 0 Å². The summed E-state index contributed by atoms with van der Waals surface area (Å²) < 4.78 is 21.5. The number of rotatable bonds is 4. The Morgan fingerprint density at radius 1 is 1.18 bits per heavy atom. The molecule has 1 fully saturated rings. The number of nitrogens with zero attached hydrogens (tertiary/aromatic N) is 2. The van der Waals surface area contributed by atoms with Gasteiger partial charge in [-0.25, -0.2) is 4.39 Å². The van der Waals surface area contributed by atoms with Gasteiger partial charge in [0.1, 0.15) is 22.8 Å². The van der Waals surface area contributed by atoms with E-state index in [0.717, 1.165) is 37.0 Å². The van der Waals surface area contributed by atoms with Gasteiger partial charge in [-0.1, -0.05) is 37.8 Å². The third-order valence-corrected chi connectivity index (χ3v) is 7.15. The number of nitrogens with one attached hydrogen (secondary N) is 1. The fourth-order valence-corrected chi connectivity index (χ4v) is 5.29. The Labute approximate surface area is 192 Å². The Kier molecular flexibility index (Phi) is 5.51. The van der Waals surface area contributed by atoms with Crippen LogP contribution in [-0.4, -0.2) is 32.9 Å². The van der Waals surface area contributed by atoms with Gasteiger partial charge >= 0.3 is 0 Å². The van der Waals surface area contributed by atoms with Crippen LogP contribution in [0.2, 0.25) is 0 Å². The predicted octanol–water partition coefficient (Wildman–Crippen LogP) is 4.94. The molecule has 6 nitrogen and oxygen atoms in total. The lowest BCUT2D eigenvalue weighted by atomic mass is 9.93. The number of aryl methyl sites for hydroxylation is 1. The molecule has 1 atom stereocenters. The third-order valence-electron chi connectivity index (χ3n) is 7.15. The molecule has 1 aliphatic heterocycles. The van der Waals surface area contributed by atoms with Crippen molar-refractivity contribution in [3.8, 4) is 0 Å². The molecule has 2 aromatic heterocycles. The largest absolute Gasteiger partial charge is 0.460 e. The zero-order chi connectivity index (χ0) is 23.2. The van der Waals surface area contributed by atoms with E-state index in [0.29, 0.717) is 23.4 Å². The minimum Gasteiger partial charge on any atom is -0.460 e. The normalized spacial score (nSPS) is 21.8. The molecule has 1 N–H and O–H groups in total. The van der Waals surface area contributed by atoms with E-state index in [2.05, 4.69) is 5.32 Å². The molecule has 2 amide bonds. The van der Waals surface area contributed by atoms with Gasteiger partial charge in [0.15, 0.2) is 5.58 Å². The number of hydrogen-bond donors (Lipinski definition) is 1. The van der Waals surface area contributed by atoms with Crippen LogP contribution in [0.3, 0.4) is 0 Å². The van der Waals surface area contributed by atoms with Crippen molar-refractivity contribution in [2.75, 3.05) is 0 Å². The third kappa shape index (κ3) is 3.94. The molecule has 3 aromatic rings. The second kappa shape index (κ2) is 8.36. The SMILES string of the molecule is Cc1cc2c(cc3n2C[C@@](C)(C(=O)NC2CCCCCC2)N(Cc2cccc(F)c2)C3=O)o1. The molecule has 174 valence electrons. The quantitative estimate of drug-likeness (QED) is 0.572. The van der Waals surface area contributed by atoms with Gasteiger partial charge in [0.2, 0.25) is 5.91 Å². The van der Waals surface area contributed by atoms with E-state index in [4.69, 9.17) is 4.42 Å². The Bertz CT molecular complexity index is 1200. The zero-order valence-corrected chi connectivity index (χ0v) is 19.2. The summed E-state index contributed by atoms with van der Waals surface area (Å²) in [5, 5.41) is 3.25. The van der Waals surface area contributed by atoms with E-state index in [1.54, 1.807) is 23.1 Å². The maximum Gasteiger partial charge on any atom is 0.271 e. The van der Waals surface area contributed by atoms with E-state index in [9.17, 15) is 14.0 Å². The number of carbonyl (C=O) groups is 2. The van der Waals surface area contributed by atoms with Crippen molar-refractivity contribution >= 4 is 22.9 Å². The minimum absolute atomic E-state index is 0.116. The Hall–Kier alpha value is -3.09.